The molecule has 0 aliphatic heterocycles. The van der Waals surface area contributed by atoms with Crippen molar-refractivity contribution in [2.75, 3.05) is 0 Å². The Morgan fingerprint density at radius 1 is 1.33 bits per heavy atom. The van der Waals surface area contributed by atoms with Crippen molar-refractivity contribution in [3.63, 3.8) is 0 Å². The van der Waals surface area contributed by atoms with E-state index in [1.54, 1.807) is 6.20 Å². The molecule has 0 aromatic carbocycles. The number of fused-ring (bicyclic) bond motifs is 1. The Morgan fingerprint density at radius 3 is 3.06 bits per heavy atom. The van der Waals surface area contributed by atoms with Crippen LogP contribution < -0.4 is 0 Å². The molecule has 0 spiro atoms. The topological polar surface area (TPSA) is 67.6 Å². The maximum Gasteiger partial charge on any atom is 0.248 e. The van der Waals surface area contributed by atoms with Crippen LogP contribution in [0.3, 0.4) is 0 Å². The van der Waals surface area contributed by atoms with E-state index in [1.165, 1.54) is 0 Å². The summed E-state index contributed by atoms with van der Waals surface area (Å²) in [6.07, 6.45) is 4.58. The normalized spacial score (nSPS) is 13.0. The summed E-state index contributed by atoms with van der Waals surface area (Å²) in [5.41, 5.74) is 1.75. The Labute approximate surface area is 104 Å². The van der Waals surface area contributed by atoms with Crippen LogP contribution in [0.1, 0.15) is 32.1 Å². The third-order valence-corrected chi connectivity index (χ3v) is 3.17. The van der Waals surface area contributed by atoms with E-state index in [-0.39, 0.29) is 5.92 Å². The summed E-state index contributed by atoms with van der Waals surface area (Å²) < 4.78 is 5.74. The number of nitrogens with zero attached hydrogens (tertiary/aromatic N) is 3. The van der Waals surface area contributed by atoms with Crippen molar-refractivity contribution in [1.82, 2.24) is 20.2 Å². The van der Waals surface area contributed by atoms with Crippen LogP contribution >= 0.6 is 0 Å². The highest BCUT2D eigenvalue weighted by atomic mass is 16.4. The molecule has 1 atom stereocenters. The van der Waals surface area contributed by atoms with Gasteiger partial charge in [0.25, 0.3) is 0 Å². The lowest BCUT2D eigenvalue weighted by atomic mass is 10.1. The standard InChI is InChI=1S/C13H14N4O/c1-3-8(2)12-16-17-13(18-12)10-5-7-15-11-9(10)4-6-14-11/h4-8H,3H2,1-2H3,(H,14,15). The number of hydrogen-bond donors (Lipinski definition) is 1. The largest absolute Gasteiger partial charge is 0.420 e. The van der Waals surface area contributed by atoms with Gasteiger partial charge in [-0.05, 0) is 18.6 Å². The molecule has 0 radical (unpaired) electrons. The molecule has 0 amide bonds. The van der Waals surface area contributed by atoms with Gasteiger partial charge in [0.2, 0.25) is 11.8 Å². The Morgan fingerprint density at radius 2 is 2.22 bits per heavy atom. The summed E-state index contributed by atoms with van der Waals surface area (Å²) in [7, 11) is 0. The van der Waals surface area contributed by atoms with Gasteiger partial charge in [-0.25, -0.2) is 4.98 Å². The van der Waals surface area contributed by atoms with E-state index in [1.807, 2.05) is 18.3 Å². The summed E-state index contributed by atoms with van der Waals surface area (Å²) in [5, 5.41) is 9.23. The van der Waals surface area contributed by atoms with Gasteiger partial charge in [0.05, 0.1) is 5.56 Å². The van der Waals surface area contributed by atoms with Gasteiger partial charge in [-0.15, -0.1) is 10.2 Å². The molecule has 18 heavy (non-hydrogen) atoms. The molecule has 3 aromatic rings. The molecule has 0 aliphatic carbocycles. The Bertz CT molecular complexity index is 670. The summed E-state index contributed by atoms with van der Waals surface area (Å²) in [4.78, 5) is 7.31. The molecule has 5 nitrogen and oxygen atoms in total. The van der Waals surface area contributed by atoms with E-state index >= 15 is 0 Å². The Hall–Kier alpha value is -2.17. The lowest BCUT2D eigenvalue weighted by molar-refractivity contribution is 0.462. The van der Waals surface area contributed by atoms with E-state index in [0.29, 0.717) is 11.8 Å². The molecule has 0 saturated carbocycles. The van der Waals surface area contributed by atoms with Gasteiger partial charge >= 0.3 is 0 Å². The lowest BCUT2D eigenvalue weighted by Crippen LogP contribution is -1.90. The molecule has 1 N–H and O–H groups in total. The Kier molecular flexibility index (Phi) is 2.59. The van der Waals surface area contributed by atoms with E-state index in [4.69, 9.17) is 4.42 Å². The predicted octanol–water partition coefficient (Wildman–Crippen LogP) is 3.13. The van der Waals surface area contributed by atoms with Gasteiger partial charge in [0.1, 0.15) is 5.65 Å². The van der Waals surface area contributed by atoms with Crippen LogP contribution in [0.2, 0.25) is 0 Å². The number of aromatic nitrogens is 4. The van der Waals surface area contributed by atoms with Crippen molar-refractivity contribution in [1.29, 1.82) is 0 Å². The first-order valence-electron chi connectivity index (χ1n) is 6.05. The summed E-state index contributed by atoms with van der Waals surface area (Å²) in [6.45, 7) is 4.18. The highest BCUT2D eigenvalue weighted by molar-refractivity contribution is 5.90. The molecule has 3 rings (SSSR count). The van der Waals surface area contributed by atoms with Gasteiger partial charge in [0.15, 0.2) is 0 Å². The Balaban J connectivity index is 2.09. The minimum Gasteiger partial charge on any atom is -0.420 e. The zero-order valence-corrected chi connectivity index (χ0v) is 10.3. The number of rotatable bonds is 3. The number of aromatic amines is 1. The maximum absolute atomic E-state index is 5.74. The molecule has 1 unspecified atom stereocenters. The second-order valence-electron chi connectivity index (χ2n) is 4.35. The summed E-state index contributed by atoms with van der Waals surface area (Å²) >= 11 is 0. The zero-order chi connectivity index (χ0) is 12.5. The second kappa shape index (κ2) is 4.25. The van der Waals surface area contributed by atoms with Crippen molar-refractivity contribution < 1.29 is 4.42 Å². The molecular formula is C13H14N4O. The van der Waals surface area contributed by atoms with Crippen molar-refractivity contribution >= 4 is 11.0 Å². The predicted molar refractivity (Wildman–Crippen MR) is 68.1 cm³/mol. The fourth-order valence-corrected chi connectivity index (χ4v) is 1.86. The molecule has 0 bridgehead atoms. The molecule has 3 aromatic heterocycles. The molecule has 3 heterocycles. The van der Waals surface area contributed by atoms with Crippen LogP contribution in [0.4, 0.5) is 0 Å². The lowest BCUT2D eigenvalue weighted by Gasteiger charge is -2.00. The third kappa shape index (κ3) is 1.68. The second-order valence-corrected chi connectivity index (χ2v) is 4.35. The molecule has 0 saturated heterocycles. The van der Waals surface area contributed by atoms with E-state index < -0.39 is 0 Å². The van der Waals surface area contributed by atoms with Gasteiger partial charge in [-0.2, -0.15) is 0 Å². The summed E-state index contributed by atoms with van der Waals surface area (Å²) in [5.74, 6) is 1.53. The van der Waals surface area contributed by atoms with E-state index in [0.717, 1.165) is 23.0 Å². The first-order chi connectivity index (χ1) is 8.79. The maximum atomic E-state index is 5.74. The quantitative estimate of drug-likeness (QED) is 0.766. The minimum atomic E-state index is 0.287. The summed E-state index contributed by atoms with van der Waals surface area (Å²) in [6, 6.07) is 3.86. The van der Waals surface area contributed by atoms with Crippen LogP contribution in [0.15, 0.2) is 28.9 Å². The minimum absolute atomic E-state index is 0.287. The van der Waals surface area contributed by atoms with Gasteiger partial charge in [-0.3, -0.25) is 0 Å². The molecule has 0 aliphatic rings. The number of hydrogen-bond acceptors (Lipinski definition) is 4. The third-order valence-electron chi connectivity index (χ3n) is 3.17. The first-order valence-corrected chi connectivity index (χ1v) is 6.05. The van der Waals surface area contributed by atoms with Crippen LogP contribution in [-0.2, 0) is 0 Å². The molecule has 0 fully saturated rings. The van der Waals surface area contributed by atoms with Crippen molar-refractivity contribution in [2.24, 2.45) is 0 Å². The monoisotopic (exact) mass is 242 g/mol. The van der Waals surface area contributed by atoms with Crippen LogP contribution in [0.25, 0.3) is 22.5 Å². The zero-order valence-electron chi connectivity index (χ0n) is 10.3. The van der Waals surface area contributed by atoms with Crippen LogP contribution in [-0.4, -0.2) is 20.2 Å². The smallest absolute Gasteiger partial charge is 0.248 e. The first kappa shape index (κ1) is 11.0. The average molecular weight is 242 g/mol. The van der Waals surface area contributed by atoms with Crippen LogP contribution in [0.5, 0.6) is 0 Å². The van der Waals surface area contributed by atoms with Gasteiger partial charge < -0.3 is 9.40 Å². The highest BCUT2D eigenvalue weighted by Gasteiger charge is 2.15. The van der Waals surface area contributed by atoms with Crippen molar-refractivity contribution in [3.8, 4) is 11.5 Å². The molecule has 5 heteroatoms. The number of nitrogens with one attached hydrogen (secondary N) is 1. The fraction of sp³-hybridized carbons (Fsp3) is 0.308. The molecular weight excluding hydrogens is 228 g/mol. The van der Waals surface area contributed by atoms with Gasteiger partial charge in [0, 0.05) is 23.7 Å². The fourth-order valence-electron chi connectivity index (χ4n) is 1.86. The SMILES string of the molecule is CCC(C)c1nnc(-c2ccnc3[nH]ccc23)o1. The van der Waals surface area contributed by atoms with E-state index in [2.05, 4.69) is 34.0 Å². The van der Waals surface area contributed by atoms with Crippen molar-refractivity contribution in [3.05, 3.63) is 30.4 Å². The average Bonchev–Trinajstić information content (AvgIpc) is 3.05. The van der Waals surface area contributed by atoms with Crippen LogP contribution in [0, 0.1) is 0 Å². The van der Waals surface area contributed by atoms with E-state index in [9.17, 15) is 0 Å². The number of pyridine rings is 1. The van der Waals surface area contributed by atoms with Crippen molar-refractivity contribution in [2.45, 2.75) is 26.2 Å². The van der Waals surface area contributed by atoms with Gasteiger partial charge in [-0.1, -0.05) is 13.8 Å². The number of H-pyrrole nitrogens is 1. The molecule has 92 valence electrons. The highest BCUT2D eigenvalue weighted by Crippen LogP contribution is 2.27.